The first kappa shape index (κ1) is 17.9. The summed E-state index contributed by atoms with van der Waals surface area (Å²) in [4.78, 5) is 24.2. The highest BCUT2D eigenvalue weighted by Crippen LogP contribution is 2.32. The molecule has 1 saturated heterocycles. The van der Waals surface area contributed by atoms with Crippen molar-refractivity contribution in [3.63, 3.8) is 0 Å². The topological polar surface area (TPSA) is 107 Å². The normalized spacial score (nSPS) is 18.4. The van der Waals surface area contributed by atoms with Crippen LogP contribution >= 0.6 is 11.8 Å². The molecule has 1 aromatic carbocycles. The van der Waals surface area contributed by atoms with Gasteiger partial charge in [0.15, 0.2) is 16.7 Å². The van der Waals surface area contributed by atoms with Crippen molar-refractivity contribution in [2.45, 2.75) is 30.6 Å². The van der Waals surface area contributed by atoms with Crippen LogP contribution in [0.3, 0.4) is 0 Å². The number of nitrogens with zero attached hydrogens (tertiary/aromatic N) is 2. The minimum absolute atomic E-state index is 0.0196. The molecule has 1 amide bonds. The first-order valence-corrected chi connectivity index (χ1v) is 9.77. The maximum absolute atomic E-state index is 12.3. The van der Waals surface area contributed by atoms with Crippen LogP contribution in [-0.2, 0) is 16.1 Å². The summed E-state index contributed by atoms with van der Waals surface area (Å²) in [5.74, 6) is 1.22. The molecular formula is C17H20N4O5S. The molecule has 0 radical (unpaired) electrons. The average molecular weight is 392 g/mol. The van der Waals surface area contributed by atoms with Crippen molar-refractivity contribution in [2.75, 3.05) is 30.9 Å². The molecular weight excluding hydrogens is 372 g/mol. The zero-order valence-corrected chi connectivity index (χ0v) is 15.4. The van der Waals surface area contributed by atoms with E-state index in [1.165, 1.54) is 16.3 Å². The number of aromatic nitrogens is 3. The van der Waals surface area contributed by atoms with E-state index >= 15 is 0 Å². The van der Waals surface area contributed by atoms with Gasteiger partial charge in [-0.1, -0.05) is 11.8 Å². The third-order valence-electron chi connectivity index (χ3n) is 4.29. The summed E-state index contributed by atoms with van der Waals surface area (Å²) < 4.78 is 18.1. The molecule has 144 valence electrons. The Morgan fingerprint density at radius 1 is 1.30 bits per heavy atom. The highest BCUT2D eigenvalue weighted by Gasteiger charge is 2.20. The lowest BCUT2D eigenvalue weighted by Gasteiger charge is -2.19. The predicted octanol–water partition coefficient (Wildman–Crippen LogP) is 1.25. The molecule has 1 fully saturated rings. The van der Waals surface area contributed by atoms with Crippen molar-refractivity contribution in [1.29, 1.82) is 0 Å². The molecule has 4 rings (SSSR count). The van der Waals surface area contributed by atoms with E-state index in [0.29, 0.717) is 42.1 Å². The molecule has 27 heavy (non-hydrogen) atoms. The maximum atomic E-state index is 12.3. The summed E-state index contributed by atoms with van der Waals surface area (Å²) in [6.07, 6.45) is 1.94. The molecule has 0 aliphatic carbocycles. The lowest BCUT2D eigenvalue weighted by Crippen LogP contribution is -2.25. The fraction of sp³-hybridized carbons (Fsp3) is 0.471. The van der Waals surface area contributed by atoms with Crippen LogP contribution in [0.4, 0.5) is 5.69 Å². The van der Waals surface area contributed by atoms with Crippen LogP contribution in [0.5, 0.6) is 11.5 Å². The number of thioether (sulfide) groups is 1. The summed E-state index contributed by atoms with van der Waals surface area (Å²) >= 11 is 1.20. The minimum atomic E-state index is -0.291. The highest BCUT2D eigenvalue weighted by atomic mass is 32.2. The van der Waals surface area contributed by atoms with Crippen LogP contribution in [0.1, 0.15) is 12.8 Å². The van der Waals surface area contributed by atoms with E-state index in [9.17, 15) is 9.59 Å². The van der Waals surface area contributed by atoms with Gasteiger partial charge in [0.25, 0.3) is 0 Å². The summed E-state index contributed by atoms with van der Waals surface area (Å²) in [5, 5.41) is 9.74. The number of ether oxygens (including phenoxy) is 3. The van der Waals surface area contributed by atoms with Gasteiger partial charge in [-0.05, 0) is 25.0 Å². The van der Waals surface area contributed by atoms with Crippen LogP contribution in [0.15, 0.2) is 28.2 Å². The molecule has 10 heteroatoms. The maximum Gasteiger partial charge on any atom is 0.344 e. The van der Waals surface area contributed by atoms with Crippen LogP contribution in [0.2, 0.25) is 0 Å². The molecule has 1 atom stereocenters. The molecule has 3 heterocycles. The van der Waals surface area contributed by atoms with Crippen molar-refractivity contribution in [1.82, 2.24) is 14.8 Å². The largest absolute Gasteiger partial charge is 0.486 e. The first-order valence-electron chi connectivity index (χ1n) is 8.78. The summed E-state index contributed by atoms with van der Waals surface area (Å²) in [6, 6.07) is 5.27. The number of rotatable bonds is 6. The lowest BCUT2D eigenvalue weighted by atomic mass is 10.2. The number of aromatic amines is 1. The predicted molar refractivity (Wildman–Crippen MR) is 98.6 cm³/mol. The van der Waals surface area contributed by atoms with E-state index in [-0.39, 0.29) is 23.5 Å². The number of hydrogen-bond acceptors (Lipinski definition) is 7. The van der Waals surface area contributed by atoms with Gasteiger partial charge in [0, 0.05) is 18.4 Å². The number of carbonyl (C=O) groups is 1. The Balaban J connectivity index is 1.35. The first-order chi connectivity index (χ1) is 13.2. The van der Waals surface area contributed by atoms with Crippen molar-refractivity contribution in [3.8, 4) is 11.5 Å². The van der Waals surface area contributed by atoms with Gasteiger partial charge in [-0.15, -0.1) is 5.10 Å². The Bertz CT molecular complexity index is 874. The minimum Gasteiger partial charge on any atom is -0.486 e. The van der Waals surface area contributed by atoms with E-state index in [4.69, 9.17) is 14.2 Å². The van der Waals surface area contributed by atoms with Crippen molar-refractivity contribution < 1.29 is 19.0 Å². The summed E-state index contributed by atoms with van der Waals surface area (Å²) in [7, 11) is 0. The van der Waals surface area contributed by atoms with Crippen LogP contribution in [-0.4, -0.2) is 52.3 Å². The summed E-state index contributed by atoms with van der Waals surface area (Å²) in [5.41, 5.74) is 0.337. The monoisotopic (exact) mass is 392 g/mol. The van der Waals surface area contributed by atoms with E-state index in [0.717, 1.165) is 19.4 Å². The molecule has 2 aliphatic heterocycles. The van der Waals surface area contributed by atoms with Crippen LogP contribution < -0.4 is 20.5 Å². The molecule has 2 aliphatic rings. The molecule has 0 spiro atoms. The van der Waals surface area contributed by atoms with Crippen LogP contribution in [0, 0.1) is 0 Å². The van der Waals surface area contributed by atoms with E-state index < -0.39 is 0 Å². The van der Waals surface area contributed by atoms with Gasteiger partial charge in [-0.3, -0.25) is 9.36 Å². The Kier molecular flexibility index (Phi) is 5.35. The lowest BCUT2D eigenvalue weighted by molar-refractivity contribution is -0.113. The smallest absolute Gasteiger partial charge is 0.344 e. The van der Waals surface area contributed by atoms with Crippen molar-refractivity contribution in [3.05, 3.63) is 28.7 Å². The van der Waals surface area contributed by atoms with E-state index in [2.05, 4.69) is 15.5 Å². The Morgan fingerprint density at radius 3 is 2.96 bits per heavy atom. The van der Waals surface area contributed by atoms with Crippen LogP contribution in [0.25, 0.3) is 0 Å². The molecule has 2 N–H and O–H groups in total. The Morgan fingerprint density at radius 2 is 2.15 bits per heavy atom. The number of hydrogen-bond donors (Lipinski definition) is 2. The van der Waals surface area contributed by atoms with E-state index in [1.54, 1.807) is 18.2 Å². The Hall–Kier alpha value is -2.46. The number of anilines is 1. The molecule has 0 bridgehead atoms. The number of nitrogens with one attached hydrogen (secondary N) is 2. The number of fused-ring (bicyclic) bond motifs is 1. The van der Waals surface area contributed by atoms with Crippen molar-refractivity contribution in [2.24, 2.45) is 0 Å². The fourth-order valence-corrected chi connectivity index (χ4v) is 3.77. The molecule has 2 aromatic rings. The van der Waals surface area contributed by atoms with Gasteiger partial charge < -0.3 is 19.5 Å². The SMILES string of the molecule is O=C(CSc1n[nH]c(=O)n1C[C@@H]1CCCO1)Nc1ccc2c(c1)OCCO2. The second-order valence-corrected chi connectivity index (χ2v) is 7.19. The molecule has 0 unspecified atom stereocenters. The van der Waals surface area contributed by atoms with Gasteiger partial charge >= 0.3 is 5.69 Å². The molecule has 9 nitrogen and oxygen atoms in total. The van der Waals surface area contributed by atoms with E-state index in [1.807, 2.05) is 0 Å². The van der Waals surface area contributed by atoms with Gasteiger partial charge in [-0.25, -0.2) is 9.89 Å². The van der Waals surface area contributed by atoms with Gasteiger partial charge in [0.2, 0.25) is 5.91 Å². The molecule has 1 aromatic heterocycles. The Labute approximate surface area is 159 Å². The third kappa shape index (κ3) is 4.28. The summed E-state index contributed by atoms with van der Waals surface area (Å²) in [6.45, 7) is 2.17. The molecule has 0 saturated carbocycles. The highest BCUT2D eigenvalue weighted by molar-refractivity contribution is 7.99. The van der Waals surface area contributed by atoms with Gasteiger partial charge in [0.05, 0.1) is 18.4 Å². The average Bonchev–Trinajstić information content (AvgIpc) is 3.31. The van der Waals surface area contributed by atoms with Crippen molar-refractivity contribution >= 4 is 23.4 Å². The zero-order valence-electron chi connectivity index (χ0n) is 14.6. The van der Waals surface area contributed by atoms with Gasteiger partial charge in [-0.2, -0.15) is 0 Å². The van der Waals surface area contributed by atoms with Gasteiger partial charge in [0.1, 0.15) is 13.2 Å². The standard InChI is InChI=1S/C17H20N4O5S/c22-15(18-11-3-4-13-14(8-11)26-7-6-25-13)10-27-17-20-19-16(23)21(17)9-12-2-1-5-24-12/h3-4,8,12H,1-2,5-7,9-10H2,(H,18,22)(H,19,23)/t12-/m0/s1. The number of benzene rings is 1. The second kappa shape index (κ2) is 8.05. The zero-order chi connectivity index (χ0) is 18.6. The number of carbonyl (C=O) groups excluding carboxylic acids is 1. The fourth-order valence-electron chi connectivity index (χ4n) is 3.01. The quantitative estimate of drug-likeness (QED) is 0.713. The third-order valence-corrected chi connectivity index (χ3v) is 5.27. The second-order valence-electron chi connectivity index (χ2n) is 6.25. The number of amides is 1. The number of H-pyrrole nitrogens is 1.